The molecule has 0 aromatic carbocycles. The lowest BCUT2D eigenvalue weighted by Crippen LogP contribution is -2.04. The Kier molecular flexibility index (Phi) is 2.05. The van der Waals surface area contributed by atoms with Gasteiger partial charge in [-0.3, -0.25) is 0 Å². The van der Waals surface area contributed by atoms with E-state index >= 15 is 0 Å². The van der Waals surface area contributed by atoms with Gasteiger partial charge in [0.15, 0.2) is 0 Å². The molecule has 0 atom stereocenters. The molecule has 0 bridgehead atoms. The number of cyclic esters (lactones) is 1. The van der Waals surface area contributed by atoms with Crippen LogP contribution >= 0.6 is 0 Å². The van der Waals surface area contributed by atoms with Crippen molar-refractivity contribution >= 4 is 5.97 Å². The van der Waals surface area contributed by atoms with Crippen LogP contribution in [-0.2, 0) is 9.53 Å². The van der Waals surface area contributed by atoms with E-state index in [1.54, 1.807) is 18.2 Å². The Morgan fingerprint density at radius 1 is 1.70 bits per heavy atom. The van der Waals surface area contributed by atoms with Gasteiger partial charge in [0.05, 0.1) is 0 Å². The molecule has 0 fully saturated rings. The molecule has 0 saturated carbocycles. The average Bonchev–Trinajstić information content (AvgIpc) is 1.88. The molecule has 0 unspecified atom stereocenters. The molecule has 10 heavy (non-hydrogen) atoms. The Hall–Kier alpha value is -1.31. The molecule has 2 heteroatoms. The van der Waals surface area contributed by atoms with Crippen molar-refractivity contribution in [2.45, 2.75) is 6.42 Å². The van der Waals surface area contributed by atoms with Gasteiger partial charge < -0.3 is 4.74 Å². The SMILES string of the molecule is C=C/C=C1\CC=CC(=O)O1. The van der Waals surface area contributed by atoms with Gasteiger partial charge in [-0.2, -0.15) is 0 Å². The summed E-state index contributed by atoms with van der Waals surface area (Å²) in [5, 5.41) is 0. The number of allylic oxidation sites excluding steroid dienone is 3. The molecule has 0 N–H and O–H groups in total. The van der Waals surface area contributed by atoms with E-state index in [0.29, 0.717) is 12.2 Å². The Balaban J connectivity index is 2.68. The molecular weight excluding hydrogens is 128 g/mol. The molecule has 1 aliphatic rings. The Morgan fingerprint density at radius 2 is 2.50 bits per heavy atom. The van der Waals surface area contributed by atoms with Crippen LogP contribution in [0, 0.1) is 0 Å². The van der Waals surface area contributed by atoms with Crippen molar-refractivity contribution in [2.24, 2.45) is 0 Å². The summed E-state index contributed by atoms with van der Waals surface area (Å²) in [5.74, 6) is 0.349. The lowest BCUT2D eigenvalue weighted by Gasteiger charge is -2.07. The smallest absolute Gasteiger partial charge is 0.335 e. The second kappa shape index (κ2) is 3.01. The van der Waals surface area contributed by atoms with Crippen LogP contribution in [0.15, 0.2) is 36.6 Å². The van der Waals surface area contributed by atoms with Crippen molar-refractivity contribution in [3.63, 3.8) is 0 Å². The van der Waals surface area contributed by atoms with E-state index in [-0.39, 0.29) is 5.97 Å². The van der Waals surface area contributed by atoms with Crippen molar-refractivity contribution in [2.75, 3.05) is 0 Å². The van der Waals surface area contributed by atoms with Gasteiger partial charge in [-0.1, -0.05) is 18.7 Å². The van der Waals surface area contributed by atoms with Crippen LogP contribution in [0.3, 0.4) is 0 Å². The standard InChI is InChI=1S/C8H8O2/c1-2-4-7-5-3-6-8(9)10-7/h2-4,6H,1,5H2/b7-4+. The van der Waals surface area contributed by atoms with Crippen molar-refractivity contribution in [3.8, 4) is 0 Å². The molecule has 0 aromatic heterocycles. The molecule has 0 saturated heterocycles. The van der Waals surface area contributed by atoms with Crippen LogP contribution in [0.2, 0.25) is 0 Å². The summed E-state index contributed by atoms with van der Waals surface area (Å²) in [6.07, 6.45) is 7.14. The molecule has 2 nitrogen and oxygen atoms in total. The number of esters is 1. The van der Waals surface area contributed by atoms with Gasteiger partial charge >= 0.3 is 5.97 Å². The second-order valence-electron chi connectivity index (χ2n) is 1.90. The van der Waals surface area contributed by atoms with E-state index in [4.69, 9.17) is 4.74 Å². The van der Waals surface area contributed by atoms with Crippen LogP contribution in [0.5, 0.6) is 0 Å². The number of hydrogen-bond acceptors (Lipinski definition) is 2. The largest absolute Gasteiger partial charge is 0.428 e. The normalized spacial score (nSPS) is 20.8. The minimum absolute atomic E-state index is 0.306. The highest BCUT2D eigenvalue weighted by atomic mass is 16.5. The van der Waals surface area contributed by atoms with E-state index in [2.05, 4.69) is 6.58 Å². The van der Waals surface area contributed by atoms with Crippen LogP contribution < -0.4 is 0 Å². The first-order valence-corrected chi connectivity index (χ1v) is 3.03. The van der Waals surface area contributed by atoms with Gasteiger partial charge in [0.25, 0.3) is 0 Å². The third-order valence-corrected chi connectivity index (χ3v) is 1.11. The highest BCUT2D eigenvalue weighted by molar-refractivity contribution is 5.83. The predicted octanol–water partition coefficient (Wildman–Crippen LogP) is 1.56. The molecule has 0 aliphatic carbocycles. The van der Waals surface area contributed by atoms with Crippen molar-refractivity contribution in [1.29, 1.82) is 0 Å². The summed E-state index contributed by atoms with van der Waals surface area (Å²) in [7, 11) is 0. The van der Waals surface area contributed by atoms with E-state index in [1.165, 1.54) is 6.08 Å². The lowest BCUT2D eigenvalue weighted by atomic mass is 10.2. The van der Waals surface area contributed by atoms with Gasteiger partial charge in [0, 0.05) is 12.5 Å². The van der Waals surface area contributed by atoms with Crippen molar-refractivity contribution in [3.05, 3.63) is 36.6 Å². The number of carbonyl (C=O) groups is 1. The van der Waals surface area contributed by atoms with Crippen LogP contribution in [0.1, 0.15) is 6.42 Å². The summed E-state index contributed by atoms with van der Waals surface area (Å²) < 4.78 is 4.79. The number of ether oxygens (including phenoxy) is 1. The summed E-state index contributed by atoms with van der Waals surface area (Å²) in [4.78, 5) is 10.6. The topological polar surface area (TPSA) is 26.3 Å². The fraction of sp³-hybridized carbons (Fsp3) is 0.125. The molecule has 0 spiro atoms. The van der Waals surface area contributed by atoms with Crippen LogP contribution in [0.4, 0.5) is 0 Å². The molecular formula is C8H8O2. The number of rotatable bonds is 1. The van der Waals surface area contributed by atoms with Gasteiger partial charge in [0.1, 0.15) is 5.76 Å². The zero-order valence-electron chi connectivity index (χ0n) is 5.54. The summed E-state index contributed by atoms with van der Waals surface area (Å²) in [5.41, 5.74) is 0. The maximum atomic E-state index is 10.6. The Morgan fingerprint density at radius 3 is 3.10 bits per heavy atom. The van der Waals surface area contributed by atoms with E-state index in [9.17, 15) is 4.79 Å². The summed E-state index contributed by atoms with van der Waals surface area (Å²) in [6.45, 7) is 3.49. The molecule has 1 aliphatic heterocycles. The minimum atomic E-state index is -0.306. The first-order valence-electron chi connectivity index (χ1n) is 3.03. The minimum Gasteiger partial charge on any atom is -0.428 e. The molecule has 0 radical (unpaired) electrons. The number of carbonyl (C=O) groups excluding carboxylic acids is 1. The van der Waals surface area contributed by atoms with E-state index in [0.717, 1.165) is 0 Å². The quantitative estimate of drug-likeness (QED) is 0.511. The summed E-state index contributed by atoms with van der Waals surface area (Å²) >= 11 is 0. The summed E-state index contributed by atoms with van der Waals surface area (Å²) in [6, 6.07) is 0. The van der Waals surface area contributed by atoms with Gasteiger partial charge in [-0.05, 0) is 6.08 Å². The van der Waals surface area contributed by atoms with Crippen molar-refractivity contribution < 1.29 is 9.53 Å². The zero-order chi connectivity index (χ0) is 7.40. The van der Waals surface area contributed by atoms with E-state index in [1.807, 2.05) is 0 Å². The lowest BCUT2D eigenvalue weighted by molar-refractivity contribution is -0.134. The number of hydrogen-bond donors (Lipinski definition) is 0. The first kappa shape index (κ1) is 6.81. The zero-order valence-corrected chi connectivity index (χ0v) is 5.54. The first-order chi connectivity index (χ1) is 4.83. The molecule has 0 aromatic rings. The van der Waals surface area contributed by atoms with Gasteiger partial charge in [0.2, 0.25) is 0 Å². The van der Waals surface area contributed by atoms with E-state index < -0.39 is 0 Å². The van der Waals surface area contributed by atoms with Gasteiger partial charge in [-0.25, -0.2) is 4.79 Å². The monoisotopic (exact) mass is 136 g/mol. The maximum absolute atomic E-state index is 10.6. The van der Waals surface area contributed by atoms with Crippen molar-refractivity contribution in [1.82, 2.24) is 0 Å². The fourth-order valence-corrected chi connectivity index (χ4v) is 0.710. The van der Waals surface area contributed by atoms with Crippen LogP contribution in [-0.4, -0.2) is 5.97 Å². The molecule has 0 amide bonds. The third-order valence-electron chi connectivity index (χ3n) is 1.11. The second-order valence-corrected chi connectivity index (χ2v) is 1.90. The molecule has 52 valence electrons. The predicted molar refractivity (Wildman–Crippen MR) is 38.1 cm³/mol. The maximum Gasteiger partial charge on any atom is 0.335 e. The van der Waals surface area contributed by atoms with Crippen LogP contribution in [0.25, 0.3) is 0 Å². The fourth-order valence-electron chi connectivity index (χ4n) is 0.710. The Bertz CT molecular complexity index is 211. The average molecular weight is 136 g/mol. The third kappa shape index (κ3) is 1.58. The Labute approximate surface area is 59.5 Å². The van der Waals surface area contributed by atoms with Gasteiger partial charge in [-0.15, -0.1) is 0 Å². The highest BCUT2D eigenvalue weighted by Gasteiger charge is 2.06. The molecule has 1 rings (SSSR count). The highest BCUT2D eigenvalue weighted by Crippen LogP contribution is 2.10. The molecule has 1 heterocycles.